The largest absolute Gasteiger partial charge is 0.356 e. The molecule has 22 heavy (non-hydrogen) atoms. The number of carbonyl (C=O) groups excluding carboxylic acids is 1. The van der Waals surface area contributed by atoms with Gasteiger partial charge < -0.3 is 9.84 Å². The first-order valence-electron chi connectivity index (χ1n) is 6.66. The van der Waals surface area contributed by atoms with Gasteiger partial charge in [0.05, 0.1) is 23.8 Å². The summed E-state index contributed by atoms with van der Waals surface area (Å²) < 4.78 is 13.6. The molecule has 1 N–H and O–H groups in total. The Labute approximate surface area is 129 Å². The van der Waals surface area contributed by atoms with Crippen molar-refractivity contribution in [3.63, 3.8) is 0 Å². The van der Waals surface area contributed by atoms with Crippen LogP contribution in [0.4, 0.5) is 5.69 Å². The number of aromatic nitrogens is 3. The molecule has 2 heterocycles. The predicted molar refractivity (Wildman–Crippen MR) is 83.8 cm³/mol. The molecule has 0 radical (unpaired) electrons. The summed E-state index contributed by atoms with van der Waals surface area (Å²) in [6, 6.07) is 13.0. The fourth-order valence-electron chi connectivity index (χ4n) is 2.32. The van der Waals surface area contributed by atoms with Gasteiger partial charge in [-0.05, 0) is 24.3 Å². The van der Waals surface area contributed by atoms with Crippen LogP contribution in [-0.2, 0) is 11.2 Å². The predicted octanol–water partition coefficient (Wildman–Crippen LogP) is 3.01. The first kappa shape index (κ1) is 12.9. The highest BCUT2D eigenvalue weighted by Gasteiger charge is 2.13. The normalized spacial score (nSPS) is 11.1. The Kier molecular flexibility index (Phi) is 3.05. The zero-order valence-electron chi connectivity index (χ0n) is 11.3. The molecule has 108 valence electrons. The highest BCUT2D eigenvalue weighted by atomic mass is 32.1. The zero-order chi connectivity index (χ0) is 14.9. The van der Waals surface area contributed by atoms with Crippen LogP contribution >= 0.6 is 11.7 Å². The van der Waals surface area contributed by atoms with E-state index in [1.54, 1.807) is 0 Å². The fourth-order valence-corrected chi connectivity index (χ4v) is 2.87. The van der Waals surface area contributed by atoms with Crippen LogP contribution in [0.5, 0.6) is 0 Å². The third-order valence-corrected chi connectivity index (χ3v) is 3.88. The summed E-state index contributed by atoms with van der Waals surface area (Å²) in [5.41, 5.74) is 3.43. The lowest BCUT2D eigenvalue weighted by Gasteiger charge is -2.04. The van der Waals surface area contributed by atoms with E-state index in [1.807, 2.05) is 42.5 Å². The van der Waals surface area contributed by atoms with Crippen LogP contribution in [0, 0.1) is 0 Å². The molecule has 0 fully saturated rings. The van der Waals surface area contributed by atoms with Gasteiger partial charge in [-0.2, -0.15) is 8.75 Å². The Morgan fingerprint density at radius 1 is 1.14 bits per heavy atom. The van der Waals surface area contributed by atoms with E-state index in [9.17, 15) is 4.79 Å². The average molecular weight is 310 g/mol. The van der Waals surface area contributed by atoms with Crippen LogP contribution in [0.25, 0.3) is 22.0 Å². The van der Waals surface area contributed by atoms with Crippen LogP contribution in [-0.4, -0.2) is 19.8 Å². The van der Waals surface area contributed by atoms with Gasteiger partial charge in [-0.1, -0.05) is 23.4 Å². The molecule has 0 bridgehead atoms. The lowest BCUT2D eigenvalue weighted by molar-refractivity contribution is -0.115. The Bertz CT molecular complexity index is 976. The van der Waals surface area contributed by atoms with Crippen LogP contribution in [0.3, 0.4) is 0 Å². The molecule has 0 unspecified atom stereocenters. The van der Waals surface area contributed by atoms with E-state index in [0.29, 0.717) is 22.5 Å². The van der Waals surface area contributed by atoms with E-state index in [1.165, 1.54) is 0 Å². The van der Waals surface area contributed by atoms with Crippen LogP contribution in [0.15, 0.2) is 47.0 Å². The van der Waals surface area contributed by atoms with Crippen molar-refractivity contribution in [1.29, 1.82) is 0 Å². The summed E-state index contributed by atoms with van der Waals surface area (Å²) in [5, 5.41) is 7.68. The summed E-state index contributed by atoms with van der Waals surface area (Å²) in [4.78, 5) is 12.3. The van der Waals surface area contributed by atoms with E-state index in [-0.39, 0.29) is 12.3 Å². The molecule has 0 atom stereocenters. The second kappa shape index (κ2) is 5.19. The highest BCUT2D eigenvalue weighted by molar-refractivity contribution is 7.00. The van der Waals surface area contributed by atoms with Gasteiger partial charge in [0.25, 0.3) is 0 Å². The van der Waals surface area contributed by atoms with E-state index in [2.05, 4.69) is 19.2 Å². The second-order valence-corrected chi connectivity index (χ2v) is 5.32. The lowest BCUT2D eigenvalue weighted by Crippen LogP contribution is -2.15. The van der Waals surface area contributed by atoms with Gasteiger partial charge in [0, 0.05) is 5.39 Å². The van der Waals surface area contributed by atoms with E-state index in [4.69, 9.17) is 4.52 Å². The van der Waals surface area contributed by atoms with Gasteiger partial charge >= 0.3 is 0 Å². The number of hydrogen-bond acceptors (Lipinski definition) is 6. The van der Waals surface area contributed by atoms with Gasteiger partial charge in [0.15, 0.2) is 5.58 Å². The van der Waals surface area contributed by atoms with Crippen molar-refractivity contribution in [3.05, 3.63) is 48.2 Å². The number of rotatable bonds is 3. The van der Waals surface area contributed by atoms with Gasteiger partial charge in [0.1, 0.15) is 16.7 Å². The number of nitrogens with zero attached hydrogens (tertiary/aromatic N) is 3. The molecular weight excluding hydrogens is 300 g/mol. The molecule has 4 aromatic rings. The van der Waals surface area contributed by atoms with Gasteiger partial charge in [0.2, 0.25) is 5.91 Å². The molecule has 2 aromatic heterocycles. The third kappa shape index (κ3) is 2.21. The Hall–Kier alpha value is -2.80. The van der Waals surface area contributed by atoms with Crippen molar-refractivity contribution >= 4 is 45.3 Å². The number of fused-ring (bicyclic) bond motifs is 2. The van der Waals surface area contributed by atoms with E-state index >= 15 is 0 Å². The molecular formula is C15H10N4O2S. The van der Waals surface area contributed by atoms with Crippen LogP contribution in [0.2, 0.25) is 0 Å². The maximum absolute atomic E-state index is 12.3. The minimum atomic E-state index is -0.167. The second-order valence-electron chi connectivity index (χ2n) is 4.79. The maximum atomic E-state index is 12.3. The molecule has 0 aliphatic carbocycles. The fraction of sp³-hybridized carbons (Fsp3) is 0.0667. The van der Waals surface area contributed by atoms with Crippen molar-refractivity contribution in [2.24, 2.45) is 0 Å². The number of benzene rings is 2. The summed E-state index contributed by atoms with van der Waals surface area (Å²) >= 11 is 1.12. The number of hydrogen-bond donors (Lipinski definition) is 1. The minimum Gasteiger partial charge on any atom is -0.356 e. The molecule has 1 amide bonds. The van der Waals surface area contributed by atoms with E-state index in [0.717, 1.165) is 22.6 Å². The molecule has 0 spiro atoms. The standard InChI is InChI=1S/C15H10N4O2S/c20-14(8-12-9-4-1-2-7-13(9)21-17-12)16-10-5-3-6-11-15(10)19-22-18-11/h1-7H,8H2,(H,16,20). The van der Waals surface area contributed by atoms with Crippen molar-refractivity contribution in [3.8, 4) is 0 Å². The van der Waals surface area contributed by atoms with Crippen molar-refractivity contribution in [2.45, 2.75) is 6.42 Å². The summed E-state index contributed by atoms with van der Waals surface area (Å²) in [6.07, 6.45) is 0.144. The van der Waals surface area contributed by atoms with E-state index < -0.39 is 0 Å². The first-order valence-corrected chi connectivity index (χ1v) is 7.39. The summed E-state index contributed by atoms with van der Waals surface area (Å²) in [7, 11) is 0. The first-order chi connectivity index (χ1) is 10.8. The van der Waals surface area contributed by atoms with Crippen LogP contribution < -0.4 is 5.32 Å². The molecule has 2 aromatic carbocycles. The topological polar surface area (TPSA) is 80.9 Å². The highest BCUT2D eigenvalue weighted by Crippen LogP contribution is 2.22. The molecule has 0 saturated heterocycles. The monoisotopic (exact) mass is 310 g/mol. The minimum absolute atomic E-state index is 0.144. The number of anilines is 1. The van der Waals surface area contributed by atoms with Gasteiger partial charge in [-0.3, -0.25) is 4.79 Å². The molecule has 0 saturated carbocycles. The smallest absolute Gasteiger partial charge is 0.230 e. The molecule has 6 nitrogen and oxygen atoms in total. The van der Waals surface area contributed by atoms with Crippen molar-refractivity contribution < 1.29 is 9.32 Å². The van der Waals surface area contributed by atoms with Gasteiger partial charge in [-0.25, -0.2) is 0 Å². The maximum Gasteiger partial charge on any atom is 0.230 e. The summed E-state index contributed by atoms with van der Waals surface area (Å²) in [6.45, 7) is 0. The molecule has 7 heteroatoms. The Morgan fingerprint density at radius 3 is 3.00 bits per heavy atom. The lowest BCUT2D eigenvalue weighted by atomic mass is 10.1. The third-order valence-electron chi connectivity index (χ3n) is 3.34. The van der Waals surface area contributed by atoms with Crippen LogP contribution in [0.1, 0.15) is 5.69 Å². The van der Waals surface area contributed by atoms with Gasteiger partial charge in [-0.15, -0.1) is 0 Å². The van der Waals surface area contributed by atoms with Crippen molar-refractivity contribution in [1.82, 2.24) is 13.9 Å². The number of para-hydroxylation sites is 1. The molecule has 0 aliphatic rings. The summed E-state index contributed by atoms with van der Waals surface area (Å²) in [5.74, 6) is -0.167. The number of amides is 1. The molecule has 0 aliphatic heterocycles. The molecule has 4 rings (SSSR count). The van der Waals surface area contributed by atoms with Crippen molar-refractivity contribution in [2.75, 3.05) is 5.32 Å². The SMILES string of the molecule is O=C(Cc1noc2ccccc12)Nc1cccc2nsnc12. The number of carbonyl (C=O) groups is 1. The Balaban J connectivity index is 1.59. The average Bonchev–Trinajstić information content (AvgIpc) is 3.15. The Morgan fingerprint density at radius 2 is 2.05 bits per heavy atom. The zero-order valence-corrected chi connectivity index (χ0v) is 12.1. The number of nitrogens with one attached hydrogen (secondary N) is 1. The quantitative estimate of drug-likeness (QED) is 0.629.